The standard InChI is InChI=1S/C15H19BrN2O3/c1-9(14(19)20)12-7-18(8-12)15(21)17-10(2)11-3-5-13(16)6-4-11/h3-6,9-10,12H,7-8H2,1-2H3,(H,17,21)(H,19,20). The van der Waals surface area contributed by atoms with Crippen LogP contribution in [-0.4, -0.2) is 35.1 Å². The van der Waals surface area contributed by atoms with Gasteiger partial charge in [-0.05, 0) is 24.6 Å². The second-order valence-electron chi connectivity index (χ2n) is 5.51. The maximum Gasteiger partial charge on any atom is 0.317 e. The molecule has 0 bridgehead atoms. The van der Waals surface area contributed by atoms with Crippen LogP contribution in [0.5, 0.6) is 0 Å². The van der Waals surface area contributed by atoms with Gasteiger partial charge in [0.25, 0.3) is 0 Å². The number of urea groups is 1. The summed E-state index contributed by atoms with van der Waals surface area (Å²) in [4.78, 5) is 24.6. The minimum absolute atomic E-state index is 0.0521. The van der Waals surface area contributed by atoms with E-state index in [0.29, 0.717) is 13.1 Å². The summed E-state index contributed by atoms with van der Waals surface area (Å²) in [5, 5.41) is 11.9. The third-order valence-corrected chi connectivity index (χ3v) is 4.53. The number of likely N-dealkylation sites (tertiary alicyclic amines) is 1. The predicted octanol–water partition coefficient (Wildman–Crippen LogP) is 2.87. The van der Waals surface area contributed by atoms with Crippen LogP contribution in [0.2, 0.25) is 0 Å². The fourth-order valence-electron chi connectivity index (χ4n) is 2.31. The van der Waals surface area contributed by atoms with E-state index in [0.717, 1.165) is 10.0 Å². The van der Waals surface area contributed by atoms with Crippen LogP contribution in [0.4, 0.5) is 4.79 Å². The first-order valence-corrected chi connectivity index (χ1v) is 7.71. The van der Waals surface area contributed by atoms with Gasteiger partial charge in [0.2, 0.25) is 0 Å². The Hall–Kier alpha value is -1.56. The predicted molar refractivity (Wildman–Crippen MR) is 83.0 cm³/mol. The van der Waals surface area contributed by atoms with Crippen LogP contribution in [0.1, 0.15) is 25.5 Å². The van der Waals surface area contributed by atoms with Crippen molar-refractivity contribution in [1.29, 1.82) is 0 Å². The summed E-state index contributed by atoms with van der Waals surface area (Å²) in [5.74, 6) is -1.16. The summed E-state index contributed by atoms with van der Waals surface area (Å²) in [7, 11) is 0. The Morgan fingerprint density at radius 1 is 1.29 bits per heavy atom. The highest BCUT2D eigenvalue weighted by molar-refractivity contribution is 9.10. The molecule has 21 heavy (non-hydrogen) atoms. The van der Waals surface area contributed by atoms with Gasteiger partial charge in [0, 0.05) is 23.5 Å². The molecule has 2 N–H and O–H groups in total. The summed E-state index contributed by atoms with van der Waals surface area (Å²) < 4.78 is 0.998. The molecule has 1 aromatic carbocycles. The second kappa shape index (κ2) is 6.47. The van der Waals surface area contributed by atoms with Crippen LogP contribution >= 0.6 is 15.9 Å². The molecule has 2 unspecified atom stereocenters. The van der Waals surface area contributed by atoms with Crippen LogP contribution in [0.3, 0.4) is 0 Å². The molecule has 5 nitrogen and oxygen atoms in total. The summed E-state index contributed by atoms with van der Waals surface area (Å²) in [5.41, 5.74) is 1.03. The number of halogens is 1. The van der Waals surface area contributed by atoms with Crippen molar-refractivity contribution in [2.24, 2.45) is 11.8 Å². The summed E-state index contributed by atoms with van der Waals surface area (Å²) in [6.45, 7) is 4.63. The Bertz CT molecular complexity index is 526. The van der Waals surface area contributed by atoms with Crippen LogP contribution in [0, 0.1) is 11.8 Å². The van der Waals surface area contributed by atoms with Crippen LogP contribution in [0.25, 0.3) is 0 Å². The van der Waals surface area contributed by atoms with E-state index >= 15 is 0 Å². The molecule has 114 valence electrons. The van der Waals surface area contributed by atoms with Crippen molar-refractivity contribution < 1.29 is 14.7 Å². The molecule has 2 amide bonds. The topological polar surface area (TPSA) is 69.6 Å². The molecule has 0 saturated carbocycles. The Kier molecular flexibility index (Phi) is 4.88. The average molecular weight is 355 g/mol. The number of carbonyl (C=O) groups excluding carboxylic acids is 1. The highest BCUT2D eigenvalue weighted by atomic mass is 79.9. The maximum absolute atomic E-state index is 12.1. The molecule has 0 radical (unpaired) electrons. The fraction of sp³-hybridized carbons (Fsp3) is 0.467. The van der Waals surface area contributed by atoms with Crippen molar-refractivity contribution >= 4 is 27.9 Å². The van der Waals surface area contributed by atoms with E-state index in [9.17, 15) is 9.59 Å². The summed E-state index contributed by atoms with van der Waals surface area (Å²) in [6.07, 6.45) is 0. The van der Waals surface area contributed by atoms with E-state index in [1.54, 1.807) is 11.8 Å². The monoisotopic (exact) mass is 354 g/mol. The van der Waals surface area contributed by atoms with E-state index in [2.05, 4.69) is 21.2 Å². The SMILES string of the molecule is CC(NC(=O)N1CC(C(C)C(=O)O)C1)c1ccc(Br)cc1. The number of amides is 2. The lowest BCUT2D eigenvalue weighted by Gasteiger charge is -2.41. The first kappa shape index (κ1) is 15.8. The van der Waals surface area contributed by atoms with Crippen molar-refractivity contribution in [3.63, 3.8) is 0 Å². The van der Waals surface area contributed by atoms with Crippen molar-refractivity contribution in [2.45, 2.75) is 19.9 Å². The zero-order chi connectivity index (χ0) is 15.6. The molecule has 0 aromatic heterocycles. The first-order chi connectivity index (χ1) is 9.88. The van der Waals surface area contributed by atoms with Gasteiger partial charge in [0.05, 0.1) is 12.0 Å². The van der Waals surface area contributed by atoms with E-state index < -0.39 is 11.9 Å². The van der Waals surface area contributed by atoms with E-state index in [4.69, 9.17) is 5.11 Å². The third kappa shape index (κ3) is 3.75. The minimum atomic E-state index is -0.803. The first-order valence-electron chi connectivity index (χ1n) is 6.92. The Morgan fingerprint density at radius 2 is 1.86 bits per heavy atom. The number of nitrogens with zero attached hydrogens (tertiary/aromatic N) is 1. The minimum Gasteiger partial charge on any atom is -0.481 e. The van der Waals surface area contributed by atoms with Crippen LogP contribution in [-0.2, 0) is 4.79 Å². The Balaban J connectivity index is 1.83. The molecule has 6 heteroatoms. The molecular formula is C15H19BrN2O3. The molecule has 1 fully saturated rings. The van der Waals surface area contributed by atoms with Crippen molar-refractivity contribution in [2.75, 3.05) is 13.1 Å². The van der Waals surface area contributed by atoms with Gasteiger partial charge in [0.15, 0.2) is 0 Å². The van der Waals surface area contributed by atoms with Crippen LogP contribution in [0.15, 0.2) is 28.7 Å². The number of carboxylic acids is 1. The smallest absolute Gasteiger partial charge is 0.317 e. The van der Waals surface area contributed by atoms with Gasteiger partial charge in [-0.1, -0.05) is 35.0 Å². The van der Waals surface area contributed by atoms with Gasteiger partial charge in [-0.3, -0.25) is 4.79 Å². The molecule has 1 aromatic rings. The molecular weight excluding hydrogens is 336 g/mol. The molecule has 1 saturated heterocycles. The third-order valence-electron chi connectivity index (χ3n) is 4.00. The number of nitrogens with one attached hydrogen (secondary N) is 1. The second-order valence-corrected chi connectivity index (χ2v) is 6.43. The zero-order valence-corrected chi connectivity index (χ0v) is 13.6. The van der Waals surface area contributed by atoms with Gasteiger partial charge in [-0.25, -0.2) is 4.79 Å². The van der Waals surface area contributed by atoms with E-state index in [1.165, 1.54) is 0 Å². The van der Waals surface area contributed by atoms with Gasteiger partial charge >= 0.3 is 12.0 Å². The number of benzene rings is 1. The largest absolute Gasteiger partial charge is 0.481 e. The highest BCUT2D eigenvalue weighted by Crippen LogP contribution is 2.25. The normalized spacial score (nSPS) is 17.8. The molecule has 1 aliphatic heterocycles. The van der Waals surface area contributed by atoms with Gasteiger partial charge in [0.1, 0.15) is 0 Å². The van der Waals surface area contributed by atoms with Gasteiger partial charge in [-0.15, -0.1) is 0 Å². The number of hydrogen-bond donors (Lipinski definition) is 2. The number of carboxylic acid groups (broad SMARTS) is 1. The summed E-state index contributed by atoms with van der Waals surface area (Å²) >= 11 is 3.38. The Labute approximate surface area is 132 Å². The number of aliphatic carboxylic acids is 1. The van der Waals surface area contributed by atoms with E-state index in [1.807, 2.05) is 31.2 Å². The lowest BCUT2D eigenvalue weighted by Crippen LogP contribution is -2.56. The maximum atomic E-state index is 12.1. The van der Waals surface area contributed by atoms with Gasteiger partial charge < -0.3 is 15.3 Å². The number of rotatable bonds is 4. The quantitative estimate of drug-likeness (QED) is 0.873. The van der Waals surface area contributed by atoms with Crippen LogP contribution < -0.4 is 5.32 Å². The molecule has 0 spiro atoms. The fourth-order valence-corrected chi connectivity index (χ4v) is 2.57. The molecule has 2 atom stereocenters. The summed E-state index contributed by atoms with van der Waals surface area (Å²) in [6, 6.07) is 7.57. The van der Waals surface area contributed by atoms with Gasteiger partial charge in [-0.2, -0.15) is 0 Å². The lowest BCUT2D eigenvalue weighted by molar-refractivity contribution is -0.144. The number of carbonyl (C=O) groups is 2. The lowest BCUT2D eigenvalue weighted by atomic mass is 9.87. The molecule has 0 aliphatic carbocycles. The Morgan fingerprint density at radius 3 is 2.38 bits per heavy atom. The molecule has 1 aliphatic rings. The number of hydrogen-bond acceptors (Lipinski definition) is 2. The highest BCUT2D eigenvalue weighted by Gasteiger charge is 2.37. The molecule has 1 heterocycles. The average Bonchev–Trinajstić information content (AvgIpc) is 2.37. The van der Waals surface area contributed by atoms with Crippen molar-refractivity contribution in [3.8, 4) is 0 Å². The molecule has 2 rings (SSSR count). The van der Waals surface area contributed by atoms with E-state index in [-0.39, 0.29) is 18.0 Å². The van der Waals surface area contributed by atoms with Crippen molar-refractivity contribution in [1.82, 2.24) is 10.2 Å². The zero-order valence-electron chi connectivity index (χ0n) is 12.0. The van der Waals surface area contributed by atoms with Crippen molar-refractivity contribution in [3.05, 3.63) is 34.3 Å².